The zero-order chi connectivity index (χ0) is 11.8. The zero-order valence-corrected chi connectivity index (χ0v) is 8.94. The molecule has 0 bridgehead atoms. The van der Waals surface area contributed by atoms with Crippen LogP contribution in [0.4, 0.5) is 0 Å². The minimum Gasteiger partial charge on any atom is -0.275 e. The Kier molecular flexibility index (Phi) is 1.88. The highest BCUT2D eigenvalue weighted by molar-refractivity contribution is 5.39. The minimum atomic E-state index is 0.299. The van der Waals surface area contributed by atoms with Crippen molar-refractivity contribution < 1.29 is 0 Å². The fourth-order valence-electron chi connectivity index (χ4n) is 1.65. The van der Waals surface area contributed by atoms with Crippen LogP contribution in [0, 0.1) is 18.3 Å². The highest BCUT2D eigenvalue weighted by Gasteiger charge is 2.10. The molecule has 0 amide bonds. The largest absolute Gasteiger partial charge is 0.275 e. The molecule has 0 spiro atoms. The molecule has 7 nitrogen and oxygen atoms in total. The summed E-state index contributed by atoms with van der Waals surface area (Å²) in [6, 6.07) is 3.84. The van der Waals surface area contributed by atoms with Gasteiger partial charge in [-0.05, 0) is 6.92 Å². The lowest BCUT2D eigenvalue weighted by Crippen LogP contribution is -2.07. The lowest BCUT2D eigenvalue weighted by molar-refractivity contribution is 0.838. The van der Waals surface area contributed by atoms with E-state index >= 15 is 0 Å². The molecule has 3 heterocycles. The van der Waals surface area contributed by atoms with Crippen LogP contribution >= 0.6 is 0 Å². The van der Waals surface area contributed by atoms with E-state index in [2.05, 4.69) is 20.1 Å². The van der Waals surface area contributed by atoms with E-state index in [4.69, 9.17) is 5.26 Å². The van der Waals surface area contributed by atoms with Gasteiger partial charge >= 0.3 is 0 Å². The molecule has 0 saturated carbocycles. The number of aryl methyl sites for hydroxylation is 1. The molecule has 3 aromatic rings. The maximum absolute atomic E-state index is 8.97. The first-order chi connectivity index (χ1) is 8.29. The fourth-order valence-corrected chi connectivity index (χ4v) is 1.65. The van der Waals surface area contributed by atoms with Gasteiger partial charge in [0.2, 0.25) is 5.82 Å². The molecule has 0 aliphatic carbocycles. The first kappa shape index (κ1) is 9.47. The minimum absolute atomic E-state index is 0.299. The quantitative estimate of drug-likeness (QED) is 0.601. The van der Waals surface area contributed by atoms with Gasteiger partial charge in [0.15, 0.2) is 0 Å². The Bertz CT molecular complexity index is 731. The van der Waals surface area contributed by atoms with Gasteiger partial charge in [0.05, 0.1) is 0 Å². The fraction of sp³-hybridized carbons (Fsp3) is 0.100. The molecule has 0 N–H and O–H groups in total. The number of hydrogen-bond donors (Lipinski definition) is 0. The average molecular weight is 225 g/mol. The van der Waals surface area contributed by atoms with Crippen LogP contribution in [0.15, 0.2) is 24.8 Å². The predicted molar refractivity (Wildman–Crippen MR) is 57.4 cm³/mol. The second-order valence-corrected chi connectivity index (χ2v) is 3.46. The molecule has 3 aromatic heterocycles. The van der Waals surface area contributed by atoms with Crippen LogP contribution in [0.1, 0.15) is 11.5 Å². The molecular formula is C10H7N7. The number of aromatic nitrogens is 6. The van der Waals surface area contributed by atoms with Gasteiger partial charge in [0, 0.05) is 24.2 Å². The van der Waals surface area contributed by atoms with Crippen molar-refractivity contribution in [3.63, 3.8) is 0 Å². The maximum Gasteiger partial charge on any atom is 0.254 e. The van der Waals surface area contributed by atoms with Crippen LogP contribution in [0.3, 0.4) is 0 Å². The van der Waals surface area contributed by atoms with Crippen LogP contribution in [0.25, 0.3) is 11.6 Å². The summed E-state index contributed by atoms with van der Waals surface area (Å²) < 4.78 is 3.21. The topological polar surface area (TPSA) is 84.7 Å². The Morgan fingerprint density at radius 3 is 3.06 bits per heavy atom. The second kappa shape index (κ2) is 3.38. The number of fused-ring (bicyclic) bond motifs is 1. The van der Waals surface area contributed by atoms with Gasteiger partial charge < -0.3 is 0 Å². The first-order valence-corrected chi connectivity index (χ1v) is 4.91. The number of nitriles is 1. The molecule has 0 atom stereocenters. The highest BCUT2D eigenvalue weighted by atomic mass is 15.4. The summed E-state index contributed by atoms with van der Waals surface area (Å²) in [5, 5.41) is 13.0. The van der Waals surface area contributed by atoms with E-state index in [9.17, 15) is 0 Å². The summed E-state index contributed by atoms with van der Waals surface area (Å²) in [5.41, 5.74) is 0.804. The number of imidazole rings is 1. The van der Waals surface area contributed by atoms with Crippen molar-refractivity contribution >= 4 is 5.78 Å². The third-order valence-corrected chi connectivity index (χ3v) is 2.35. The van der Waals surface area contributed by atoms with Gasteiger partial charge in [-0.1, -0.05) is 0 Å². The summed E-state index contributed by atoms with van der Waals surface area (Å²) in [7, 11) is 0. The summed E-state index contributed by atoms with van der Waals surface area (Å²) in [6.07, 6.45) is 4.69. The molecule has 82 valence electrons. The Morgan fingerprint density at radius 1 is 1.35 bits per heavy atom. The van der Waals surface area contributed by atoms with Crippen molar-refractivity contribution in [3.05, 3.63) is 36.3 Å². The van der Waals surface area contributed by atoms with Gasteiger partial charge in [0.25, 0.3) is 5.78 Å². The van der Waals surface area contributed by atoms with E-state index in [0.717, 1.165) is 5.69 Å². The van der Waals surface area contributed by atoms with Crippen molar-refractivity contribution in [1.82, 2.24) is 29.1 Å². The molecule has 0 radical (unpaired) electrons. The first-order valence-electron chi connectivity index (χ1n) is 4.91. The van der Waals surface area contributed by atoms with Crippen molar-refractivity contribution in [2.75, 3.05) is 0 Å². The van der Waals surface area contributed by atoms with Crippen molar-refractivity contribution in [1.29, 1.82) is 5.26 Å². The van der Waals surface area contributed by atoms with Gasteiger partial charge in [-0.3, -0.25) is 4.57 Å². The van der Waals surface area contributed by atoms with Gasteiger partial charge in [-0.15, -0.1) is 0 Å². The van der Waals surface area contributed by atoms with E-state index in [0.29, 0.717) is 17.4 Å². The Balaban J connectivity index is 2.37. The maximum atomic E-state index is 8.97. The Hall–Kier alpha value is -2.75. The monoisotopic (exact) mass is 225 g/mol. The summed E-state index contributed by atoms with van der Waals surface area (Å²) in [6.45, 7) is 1.86. The predicted octanol–water partition coefficient (Wildman–Crippen LogP) is 0.490. The SMILES string of the molecule is Cc1cc(-n2ccnc2C#N)n2ncnc2n1. The molecule has 0 unspecified atom stereocenters. The van der Waals surface area contributed by atoms with Crippen molar-refractivity contribution in [3.8, 4) is 11.9 Å². The van der Waals surface area contributed by atoms with E-state index in [1.807, 2.05) is 19.1 Å². The number of rotatable bonds is 1. The van der Waals surface area contributed by atoms with E-state index in [-0.39, 0.29) is 0 Å². The summed E-state index contributed by atoms with van der Waals surface area (Å²) >= 11 is 0. The van der Waals surface area contributed by atoms with Gasteiger partial charge in [-0.25, -0.2) is 9.97 Å². The molecule has 7 heteroatoms. The van der Waals surface area contributed by atoms with Crippen LogP contribution < -0.4 is 0 Å². The smallest absolute Gasteiger partial charge is 0.254 e. The zero-order valence-electron chi connectivity index (χ0n) is 8.94. The number of hydrogen-bond acceptors (Lipinski definition) is 5. The van der Waals surface area contributed by atoms with Crippen LogP contribution in [-0.4, -0.2) is 29.1 Å². The summed E-state index contributed by atoms with van der Waals surface area (Å²) in [4.78, 5) is 12.2. The van der Waals surface area contributed by atoms with Crippen LogP contribution in [0.2, 0.25) is 0 Å². The molecule has 0 aliphatic rings. The normalized spacial score (nSPS) is 10.6. The standard InChI is InChI=1S/C10H7N7/c1-7-4-9(16-3-2-12-8(16)5-11)17-10(15-7)13-6-14-17/h2-4,6H,1H3. The Labute approximate surface area is 96.0 Å². The van der Waals surface area contributed by atoms with Crippen molar-refractivity contribution in [2.45, 2.75) is 6.92 Å². The van der Waals surface area contributed by atoms with E-state index in [1.165, 1.54) is 6.33 Å². The number of nitrogens with zero attached hydrogens (tertiary/aromatic N) is 7. The third-order valence-electron chi connectivity index (χ3n) is 2.35. The van der Waals surface area contributed by atoms with Crippen molar-refractivity contribution in [2.24, 2.45) is 0 Å². The lowest BCUT2D eigenvalue weighted by Gasteiger charge is -2.06. The molecular weight excluding hydrogens is 218 g/mol. The van der Waals surface area contributed by atoms with E-state index in [1.54, 1.807) is 21.5 Å². The lowest BCUT2D eigenvalue weighted by atomic mass is 10.4. The average Bonchev–Trinajstić information content (AvgIpc) is 2.95. The third kappa shape index (κ3) is 1.35. The molecule has 0 aliphatic heterocycles. The molecule has 3 rings (SSSR count). The second-order valence-electron chi connectivity index (χ2n) is 3.46. The molecule has 0 fully saturated rings. The summed E-state index contributed by atoms with van der Waals surface area (Å²) in [5.74, 6) is 1.49. The van der Waals surface area contributed by atoms with E-state index < -0.39 is 0 Å². The van der Waals surface area contributed by atoms with Crippen LogP contribution in [-0.2, 0) is 0 Å². The Morgan fingerprint density at radius 2 is 2.24 bits per heavy atom. The van der Waals surface area contributed by atoms with Gasteiger partial charge in [0.1, 0.15) is 18.2 Å². The molecule has 0 aromatic carbocycles. The highest BCUT2D eigenvalue weighted by Crippen LogP contribution is 2.11. The van der Waals surface area contributed by atoms with Gasteiger partial charge in [-0.2, -0.15) is 19.9 Å². The van der Waals surface area contributed by atoms with Crippen LogP contribution in [0.5, 0.6) is 0 Å². The molecule has 17 heavy (non-hydrogen) atoms. The molecule has 0 saturated heterocycles.